The molecule has 12 nitrogen and oxygen atoms in total. The number of aliphatic hydroxyl groups excluding tert-OH is 2. The summed E-state index contributed by atoms with van der Waals surface area (Å²) in [6.45, 7) is 8.50. The SMILES string of the molecule is CC(C)[C@H](O)C(=O)N[C@H]1Cc2cccc(c2)[C@]2(C(=O)Nc3ccc(F)cc32)c2oc(nc2-c2nc(CO)co2)[C@H](C(C)(C)C)NC1=O. The molecule has 2 aliphatic rings. The topological polar surface area (TPSA) is 180 Å². The van der Waals surface area contributed by atoms with E-state index in [2.05, 4.69) is 20.9 Å². The first-order valence-corrected chi connectivity index (χ1v) is 15.3. The van der Waals surface area contributed by atoms with Crippen LogP contribution < -0.4 is 16.0 Å². The molecule has 3 amide bonds. The van der Waals surface area contributed by atoms with Gasteiger partial charge in [-0.25, -0.2) is 14.4 Å². The number of aromatic nitrogens is 2. The number of rotatable bonds is 5. The van der Waals surface area contributed by atoms with Crippen LogP contribution in [0.3, 0.4) is 0 Å². The Hall–Kier alpha value is -4.88. The zero-order valence-electron chi connectivity index (χ0n) is 26.6. The summed E-state index contributed by atoms with van der Waals surface area (Å²) in [4.78, 5) is 50.5. The van der Waals surface area contributed by atoms with Gasteiger partial charge in [0.1, 0.15) is 36.0 Å². The number of carbonyl (C=O) groups is 3. The summed E-state index contributed by atoms with van der Waals surface area (Å²) in [6.07, 6.45) is -0.106. The minimum Gasteiger partial charge on any atom is -0.443 e. The van der Waals surface area contributed by atoms with E-state index >= 15 is 4.39 Å². The summed E-state index contributed by atoms with van der Waals surface area (Å²) in [5.74, 6) is -2.89. The van der Waals surface area contributed by atoms with Crippen molar-refractivity contribution in [3.63, 3.8) is 0 Å². The average molecular weight is 646 g/mol. The molecule has 4 atom stereocenters. The molecule has 0 unspecified atom stereocenters. The number of nitrogens with zero attached hydrogens (tertiary/aromatic N) is 2. The van der Waals surface area contributed by atoms with Gasteiger partial charge in [0.05, 0.1) is 6.61 Å². The van der Waals surface area contributed by atoms with Gasteiger partial charge >= 0.3 is 0 Å². The normalized spacial score (nSPS) is 21.5. The monoisotopic (exact) mass is 645 g/mol. The summed E-state index contributed by atoms with van der Waals surface area (Å²) in [7, 11) is 0. The zero-order valence-corrected chi connectivity index (χ0v) is 26.6. The fourth-order valence-electron chi connectivity index (χ4n) is 6.09. The highest BCUT2D eigenvalue weighted by atomic mass is 19.1. The number of nitrogens with one attached hydrogen (secondary N) is 3. The lowest BCUT2D eigenvalue weighted by molar-refractivity contribution is -0.136. The summed E-state index contributed by atoms with van der Waals surface area (Å²) in [5.41, 5.74) is -0.769. The van der Waals surface area contributed by atoms with Crippen molar-refractivity contribution in [2.24, 2.45) is 11.3 Å². The van der Waals surface area contributed by atoms with Crippen LogP contribution >= 0.6 is 0 Å². The Morgan fingerprint density at radius 1 is 1.17 bits per heavy atom. The quantitative estimate of drug-likeness (QED) is 0.217. The second-order valence-corrected chi connectivity index (χ2v) is 13.4. The second kappa shape index (κ2) is 11.7. The molecule has 13 heteroatoms. The summed E-state index contributed by atoms with van der Waals surface area (Å²) < 4.78 is 27.3. The summed E-state index contributed by atoms with van der Waals surface area (Å²) >= 11 is 0. The van der Waals surface area contributed by atoms with Gasteiger partial charge in [-0.2, -0.15) is 0 Å². The fourth-order valence-corrected chi connectivity index (χ4v) is 6.09. The molecule has 0 fully saturated rings. The smallest absolute Gasteiger partial charge is 0.249 e. The first kappa shape index (κ1) is 32.1. The second-order valence-electron chi connectivity index (χ2n) is 13.4. The Morgan fingerprint density at radius 2 is 1.94 bits per heavy atom. The highest BCUT2D eigenvalue weighted by molar-refractivity contribution is 6.11. The van der Waals surface area contributed by atoms with Crippen molar-refractivity contribution in [2.45, 2.75) is 71.2 Å². The third-order valence-corrected chi connectivity index (χ3v) is 8.61. The number of hydrogen-bond acceptors (Lipinski definition) is 9. The van der Waals surface area contributed by atoms with E-state index in [1.54, 1.807) is 38.1 Å². The zero-order chi connectivity index (χ0) is 33.8. The molecule has 0 aliphatic carbocycles. The van der Waals surface area contributed by atoms with Crippen LogP contribution in [0.25, 0.3) is 11.6 Å². The van der Waals surface area contributed by atoms with Crippen molar-refractivity contribution in [3.05, 3.63) is 88.6 Å². The molecule has 246 valence electrons. The molecule has 2 aromatic heterocycles. The molecule has 47 heavy (non-hydrogen) atoms. The van der Waals surface area contributed by atoms with Crippen molar-refractivity contribution in [1.29, 1.82) is 0 Å². The van der Waals surface area contributed by atoms with Crippen LogP contribution in [0.1, 0.15) is 74.7 Å². The van der Waals surface area contributed by atoms with Crippen molar-refractivity contribution in [1.82, 2.24) is 20.6 Å². The minimum atomic E-state index is -1.81. The molecule has 4 aromatic rings. The van der Waals surface area contributed by atoms with Crippen LogP contribution in [0.2, 0.25) is 0 Å². The first-order valence-electron chi connectivity index (χ1n) is 15.3. The summed E-state index contributed by atoms with van der Waals surface area (Å²) in [5, 5.41) is 28.7. The predicted octanol–water partition coefficient (Wildman–Crippen LogP) is 3.51. The number of aliphatic hydroxyl groups is 2. The Kier molecular flexibility index (Phi) is 8.00. The van der Waals surface area contributed by atoms with Gasteiger partial charge in [0, 0.05) is 17.7 Å². The molecule has 4 heterocycles. The van der Waals surface area contributed by atoms with E-state index in [0.29, 0.717) is 16.8 Å². The van der Waals surface area contributed by atoms with Crippen LogP contribution in [0.15, 0.2) is 57.6 Å². The van der Waals surface area contributed by atoms with E-state index in [1.165, 1.54) is 24.5 Å². The van der Waals surface area contributed by atoms with Gasteiger partial charge in [0.25, 0.3) is 0 Å². The molecular formula is C34H36FN5O7. The molecule has 0 saturated carbocycles. The van der Waals surface area contributed by atoms with E-state index in [4.69, 9.17) is 13.8 Å². The Morgan fingerprint density at radius 3 is 2.62 bits per heavy atom. The standard InChI is InChI=1S/C34H36FN5O7/c1-16(2)25(42)29(44)37-23-12-17-7-6-8-18(11-17)34(21-13-19(35)9-10-22(21)38-32(34)45)27-24(30-36-20(14-41)15-46-30)39-31(47-27)26(33(3,4)5)40-28(23)43/h6-11,13,15-16,23,25-26,41-42H,12,14H2,1-5H3,(H,37,44)(H,38,45)(H,40,43)/t23-,25-,26+,34+/m0/s1. The number of fused-ring (bicyclic) bond motifs is 8. The van der Waals surface area contributed by atoms with Crippen LogP contribution in [-0.4, -0.2) is 50.0 Å². The Labute approximate surface area is 269 Å². The minimum absolute atomic E-state index is 0.000361. The van der Waals surface area contributed by atoms with Gasteiger partial charge in [0.2, 0.25) is 29.5 Å². The van der Waals surface area contributed by atoms with E-state index in [0.717, 1.165) is 0 Å². The van der Waals surface area contributed by atoms with Gasteiger partial charge < -0.3 is 35.0 Å². The van der Waals surface area contributed by atoms with Crippen LogP contribution in [0.4, 0.5) is 10.1 Å². The maximum absolute atomic E-state index is 15.0. The maximum Gasteiger partial charge on any atom is 0.249 e. The van der Waals surface area contributed by atoms with Crippen molar-refractivity contribution >= 4 is 23.4 Å². The van der Waals surface area contributed by atoms with Crippen molar-refractivity contribution < 1.29 is 37.8 Å². The molecule has 1 spiro atoms. The average Bonchev–Trinajstić information content (AvgIpc) is 3.73. The predicted molar refractivity (Wildman–Crippen MR) is 166 cm³/mol. The van der Waals surface area contributed by atoms with Gasteiger partial charge in [-0.15, -0.1) is 0 Å². The lowest BCUT2D eigenvalue weighted by atomic mass is 9.72. The molecular weight excluding hydrogens is 609 g/mol. The van der Waals surface area contributed by atoms with E-state index in [9.17, 15) is 24.6 Å². The molecule has 0 saturated heterocycles. The number of amides is 3. The fraction of sp³-hybridized carbons (Fsp3) is 0.382. The molecule has 5 N–H and O–H groups in total. The Bertz CT molecular complexity index is 1880. The van der Waals surface area contributed by atoms with Gasteiger partial charge in [-0.05, 0) is 40.7 Å². The van der Waals surface area contributed by atoms with Crippen LogP contribution in [0.5, 0.6) is 0 Å². The highest BCUT2D eigenvalue weighted by Crippen LogP contribution is 2.52. The molecule has 2 aliphatic heterocycles. The third kappa shape index (κ3) is 5.48. The van der Waals surface area contributed by atoms with Gasteiger partial charge in [0.15, 0.2) is 16.9 Å². The van der Waals surface area contributed by atoms with Crippen LogP contribution in [0, 0.1) is 17.2 Å². The third-order valence-electron chi connectivity index (χ3n) is 8.61. The molecule has 6 rings (SSSR count). The van der Waals surface area contributed by atoms with Crippen LogP contribution in [-0.2, 0) is 32.8 Å². The first-order chi connectivity index (χ1) is 22.2. The largest absolute Gasteiger partial charge is 0.443 e. The lowest BCUT2D eigenvalue weighted by Gasteiger charge is -2.32. The molecule has 2 aromatic carbocycles. The number of carbonyl (C=O) groups excluding carboxylic acids is 3. The molecule has 0 radical (unpaired) electrons. The molecule has 4 bridgehead atoms. The number of hydrogen-bond donors (Lipinski definition) is 5. The van der Waals surface area contributed by atoms with E-state index in [1.807, 2.05) is 20.8 Å². The van der Waals surface area contributed by atoms with Crippen molar-refractivity contribution in [3.8, 4) is 11.6 Å². The van der Waals surface area contributed by atoms with E-state index < -0.39 is 65.1 Å². The number of halogens is 1. The highest BCUT2D eigenvalue weighted by Gasteiger charge is 2.56. The maximum atomic E-state index is 15.0. The van der Waals surface area contributed by atoms with Gasteiger partial charge in [-0.3, -0.25) is 14.4 Å². The van der Waals surface area contributed by atoms with E-state index in [-0.39, 0.29) is 40.9 Å². The number of oxazole rings is 2. The lowest BCUT2D eigenvalue weighted by Crippen LogP contribution is -2.53. The van der Waals surface area contributed by atoms with Gasteiger partial charge in [-0.1, -0.05) is 58.9 Å². The number of anilines is 1. The van der Waals surface area contributed by atoms with Crippen molar-refractivity contribution in [2.75, 3.05) is 5.32 Å². The number of benzene rings is 2. The summed E-state index contributed by atoms with van der Waals surface area (Å²) in [6, 6.07) is 8.70. The Balaban J connectivity index is 1.65.